The van der Waals surface area contributed by atoms with Gasteiger partial charge in [0, 0.05) is 0 Å². The topological polar surface area (TPSA) is 37.3 Å². The average Bonchev–Trinajstić information content (AvgIpc) is 2.67. The summed E-state index contributed by atoms with van der Waals surface area (Å²) >= 11 is 0. The standard InChI is InChI=1S/C12H11FO2/c13-10-5-3-4-9(8-10)12(11(14)15)6-1-2-7-12/h1-5,8H,6-7H2,(H,14,15). The van der Waals surface area contributed by atoms with E-state index in [-0.39, 0.29) is 5.82 Å². The second kappa shape index (κ2) is 3.50. The lowest BCUT2D eigenvalue weighted by molar-refractivity contribution is -0.143. The minimum atomic E-state index is -0.956. The molecule has 3 heteroatoms. The molecule has 0 amide bonds. The number of hydrogen-bond acceptors (Lipinski definition) is 1. The zero-order chi connectivity index (χ0) is 10.9. The van der Waals surface area contributed by atoms with Crippen LogP contribution in [-0.2, 0) is 10.2 Å². The largest absolute Gasteiger partial charge is 0.481 e. The molecular formula is C12H11FO2. The van der Waals surface area contributed by atoms with E-state index in [0.717, 1.165) is 0 Å². The van der Waals surface area contributed by atoms with Crippen molar-refractivity contribution < 1.29 is 14.3 Å². The van der Waals surface area contributed by atoms with Gasteiger partial charge in [-0.2, -0.15) is 0 Å². The molecule has 1 aromatic rings. The summed E-state index contributed by atoms with van der Waals surface area (Å²) in [6.45, 7) is 0. The zero-order valence-electron chi connectivity index (χ0n) is 8.11. The molecule has 0 unspecified atom stereocenters. The lowest BCUT2D eigenvalue weighted by Gasteiger charge is -2.24. The first kappa shape index (κ1) is 9.90. The van der Waals surface area contributed by atoms with Gasteiger partial charge >= 0.3 is 5.97 Å². The fourth-order valence-corrected chi connectivity index (χ4v) is 1.97. The molecule has 0 spiro atoms. The Bertz CT molecular complexity index is 415. The molecule has 0 fully saturated rings. The molecule has 0 aromatic heterocycles. The monoisotopic (exact) mass is 206 g/mol. The summed E-state index contributed by atoms with van der Waals surface area (Å²) in [5, 5.41) is 9.25. The number of hydrogen-bond donors (Lipinski definition) is 1. The van der Waals surface area contributed by atoms with Crippen LogP contribution in [0.5, 0.6) is 0 Å². The van der Waals surface area contributed by atoms with Crippen molar-refractivity contribution >= 4 is 5.97 Å². The van der Waals surface area contributed by atoms with E-state index in [9.17, 15) is 14.3 Å². The molecule has 1 N–H and O–H groups in total. The highest BCUT2D eigenvalue weighted by Crippen LogP contribution is 2.37. The maximum absolute atomic E-state index is 13.0. The van der Waals surface area contributed by atoms with Gasteiger partial charge in [-0.1, -0.05) is 24.3 Å². The van der Waals surface area contributed by atoms with Crippen LogP contribution in [0.25, 0.3) is 0 Å². The normalized spacial score (nSPS) is 17.9. The van der Waals surface area contributed by atoms with Crippen molar-refractivity contribution in [2.24, 2.45) is 0 Å². The highest BCUT2D eigenvalue weighted by molar-refractivity contribution is 5.82. The molecule has 1 aliphatic carbocycles. The predicted molar refractivity (Wildman–Crippen MR) is 54.1 cm³/mol. The molecule has 0 heterocycles. The Balaban J connectivity index is 2.46. The van der Waals surface area contributed by atoms with Crippen molar-refractivity contribution in [3.63, 3.8) is 0 Å². The van der Waals surface area contributed by atoms with Crippen molar-refractivity contribution in [3.05, 3.63) is 47.8 Å². The van der Waals surface area contributed by atoms with Gasteiger partial charge in [-0.3, -0.25) is 4.79 Å². The summed E-state index contributed by atoms with van der Waals surface area (Å²) in [6.07, 6.45) is 4.54. The Labute approximate surface area is 87.0 Å². The number of rotatable bonds is 2. The Morgan fingerprint density at radius 1 is 1.33 bits per heavy atom. The van der Waals surface area contributed by atoms with E-state index in [4.69, 9.17) is 0 Å². The second-order valence-electron chi connectivity index (χ2n) is 3.78. The first-order valence-corrected chi connectivity index (χ1v) is 4.80. The van der Waals surface area contributed by atoms with Gasteiger partial charge in [0.2, 0.25) is 0 Å². The minimum Gasteiger partial charge on any atom is -0.481 e. The SMILES string of the molecule is O=C(O)C1(c2cccc(F)c2)CC=CC1. The minimum absolute atomic E-state index is 0.389. The summed E-state index contributed by atoms with van der Waals surface area (Å²) in [6, 6.07) is 5.85. The fourth-order valence-electron chi connectivity index (χ4n) is 1.97. The Hall–Kier alpha value is -1.64. The first-order chi connectivity index (χ1) is 7.15. The average molecular weight is 206 g/mol. The van der Waals surface area contributed by atoms with Crippen LogP contribution in [0.2, 0.25) is 0 Å². The van der Waals surface area contributed by atoms with Gasteiger partial charge in [0.1, 0.15) is 5.82 Å². The smallest absolute Gasteiger partial charge is 0.314 e. The molecular weight excluding hydrogens is 195 g/mol. The number of carbonyl (C=O) groups is 1. The third-order valence-corrected chi connectivity index (χ3v) is 2.89. The lowest BCUT2D eigenvalue weighted by atomic mass is 9.78. The highest BCUT2D eigenvalue weighted by atomic mass is 19.1. The van der Waals surface area contributed by atoms with Gasteiger partial charge in [0.05, 0.1) is 5.41 Å². The Kier molecular flexibility index (Phi) is 2.31. The van der Waals surface area contributed by atoms with Crippen LogP contribution >= 0.6 is 0 Å². The van der Waals surface area contributed by atoms with Crippen LogP contribution < -0.4 is 0 Å². The van der Waals surface area contributed by atoms with Crippen molar-refractivity contribution in [1.29, 1.82) is 0 Å². The van der Waals surface area contributed by atoms with E-state index >= 15 is 0 Å². The van der Waals surface area contributed by atoms with Crippen LogP contribution in [-0.4, -0.2) is 11.1 Å². The molecule has 0 atom stereocenters. The number of carboxylic acids is 1. The van der Waals surface area contributed by atoms with E-state index in [1.807, 2.05) is 12.2 Å². The van der Waals surface area contributed by atoms with Crippen molar-refractivity contribution in [2.75, 3.05) is 0 Å². The summed E-state index contributed by atoms with van der Waals surface area (Å²) in [5.74, 6) is -1.28. The number of benzene rings is 1. The molecule has 0 saturated carbocycles. The number of aliphatic carboxylic acids is 1. The van der Waals surface area contributed by atoms with E-state index in [1.165, 1.54) is 12.1 Å². The molecule has 0 radical (unpaired) electrons. The Morgan fingerprint density at radius 3 is 2.53 bits per heavy atom. The van der Waals surface area contributed by atoms with E-state index in [0.29, 0.717) is 18.4 Å². The van der Waals surface area contributed by atoms with E-state index in [1.54, 1.807) is 12.1 Å². The molecule has 78 valence electrons. The summed E-state index contributed by atoms with van der Waals surface area (Å²) < 4.78 is 13.0. The number of carboxylic acid groups (broad SMARTS) is 1. The molecule has 2 rings (SSSR count). The highest BCUT2D eigenvalue weighted by Gasteiger charge is 2.40. The van der Waals surface area contributed by atoms with Crippen molar-refractivity contribution in [2.45, 2.75) is 18.3 Å². The van der Waals surface area contributed by atoms with Gasteiger partial charge in [0.25, 0.3) is 0 Å². The third-order valence-electron chi connectivity index (χ3n) is 2.89. The molecule has 0 aliphatic heterocycles. The van der Waals surface area contributed by atoms with Crippen LogP contribution in [0.1, 0.15) is 18.4 Å². The fraction of sp³-hybridized carbons (Fsp3) is 0.250. The summed E-state index contributed by atoms with van der Waals surface area (Å²) in [5.41, 5.74) is -0.415. The predicted octanol–water partition coefficient (Wildman–Crippen LogP) is 2.50. The van der Waals surface area contributed by atoms with E-state index < -0.39 is 11.4 Å². The maximum Gasteiger partial charge on any atom is 0.314 e. The molecule has 1 aliphatic rings. The molecule has 0 bridgehead atoms. The maximum atomic E-state index is 13.0. The van der Waals surface area contributed by atoms with Gasteiger partial charge in [-0.05, 0) is 30.5 Å². The quantitative estimate of drug-likeness (QED) is 0.755. The van der Waals surface area contributed by atoms with Crippen molar-refractivity contribution in [3.8, 4) is 0 Å². The number of allylic oxidation sites excluding steroid dienone is 2. The molecule has 1 aromatic carbocycles. The van der Waals surface area contributed by atoms with Crippen LogP contribution in [0, 0.1) is 5.82 Å². The lowest BCUT2D eigenvalue weighted by Crippen LogP contribution is -2.33. The van der Waals surface area contributed by atoms with Crippen LogP contribution in [0.3, 0.4) is 0 Å². The molecule has 2 nitrogen and oxygen atoms in total. The van der Waals surface area contributed by atoms with Gasteiger partial charge < -0.3 is 5.11 Å². The van der Waals surface area contributed by atoms with Crippen LogP contribution in [0.4, 0.5) is 4.39 Å². The zero-order valence-corrected chi connectivity index (χ0v) is 8.11. The van der Waals surface area contributed by atoms with Gasteiger partial charge in [-0.25, -0.2) is 4.39 Å². The Morgan fingerprint density at radius 2 is 2.00 bits per heavy atom. The second-order valence-corrected chi connectivity index (χ2v) is 3.78. The molecule has 0 saturated heterocycles. The molecule has 15 heavy (non-hydrogen) atoms. The van der Waals surface area contributed by atoms with E-state index in [2.05, 4.69) is 0 Å². The van der Waals surface area contributed by atoms with Crippen LogP contribution in [0.15, 0.2) is 36.4 Å². The van der Waals surface area contributed by atoms with Gasteiger partial charge in [-0.15, -0.1) is 0 Å². The summed E-state index contributed by atoms with van der Waals surface area (Å²) in [7, 11) is 0. The number of halogens is 1. The van der Waals surface area contributed by atoms with Crippen molar-refractivity contribution in [1.82, 2.24) is 0 Å². The summed E-state index contributed by atoms with van der Waals surface area (Å²) in [4.78, 5) is 11.3. The van der Waals surface area contributed by atoms with Gasteiger partial charge in [0.15, 0.2) is 0 Å². The first-order valence-electron chi connectivity index (χ1n) is 4.80. The third kappa shape index (κ3) is 1.54.